The molecule has 1 aromatic rings. The molecule has 1 rings (SSSR count). The number of rotatable bonds is 7. The third-order valence-corrected chi connectivity index (χ3v) is 4.44. The van der Waals surface area contributed by atoms with Crippen molar-refractivity contribution in [1.29, 1.82) is 0 Å². The predicted octanol–water partition coefficient (Wildman–Crippen LogP) is 0.265. The van der Waals surface area contributed by atoms with Gasteiger partial charge in [0, 0.05) is 39.3 Å². The normalized spacial score (nSPS) is 11.6. The first-order chi connectivity index (χ1) is 9.31. The first-order valence-corrected chi connectivity index (χ1v) is 8.07. The molecule has 7 nitrogen and oxygen atoms in total. The Morgan fingerprint density at radius 1 is 1.40 bits per heavy atom. The second-order valence-corrected chi connectivity index (χ2v) is 6.16. The summed E-state index contributed by atoms with van der Waals surface area (Å²) < 4.78 is 28.0. The average Bonchev–Trinajstić information content (AvgIpc) is 2.72. The third-order valence-electron chi connectivity index (χ3n) is 3.11. The highest BCUT2D eigenvalue weighted by Crippen LogP contribution is 2.07. The first kappa shape index (κ1) is 16.6. The van der Waals surface area contributed by atoms with Crippen LogP contribution in [0.5, 0.6) is 0 Å². The molecule has 0 unspecified atom stereocenters. The molecule has 1 amide bonds. The number of hydrogen-bond acceptors (Lipinski definition) is 4. The minimum atomic E-state index is -3.65. The van der Waals surface area contributed by atoms with Crippen LogP contribution in [0.15, 0.2) is 11.2 Å². The van der Waals surface area contributed by atoms with Gasteiger partial charge in [-0.3, -0.25) is 4.79 Å². The molecule has 0 fully saturated rings. The Hall–Kier alpha value is -1.41. The monoisotopic (exact) mass is 302 g/mol. The van der Waals surface area contributed by atoms with E-state index in [1.807, 2.05) is 13.8 Å². The minimum absolute atomic E-state index is 0.0206. The number of carbonyl (C=O) groups is 1. The molecule has 0 radical (unpaired) electrons. The van der Waals surface area contributed by atoms with Crippen molar-refractivity contribution in [1.82, 2.24) is 19.2 Å². The molecule has 0 aliphatic carbocycles. The maximum absolute atomic E-state index is 12.0. The van der Waals surface area contributed by atoms with Crippen molar-refractivity contribution in [3.63, 3.8) is 0 Å². The fourth-order valence-electron chi connectivity index (χ4n) is 1.76. The zero-order valence-corrected chi connectivity index (χ0v) is 13.2. The van der Waals surface area contributed by atoms with Crippen molar-refractivity contribution in [2.24, 2.45) is 7.05 Å². The molecule has 0 bridgehead atoms. The highest BCUT2D eigenvalue weighted by Gasteiger charge is 2.19. The smallest absolute Gasteiger partial charge is 0.259 e. The third kappa shape index (κ3) is 4.04. The summed E-state index contributed by atoms with van der Waals surface area (Å²) in [7, 11) is -1.92. The van der Waals surface area contributed by atoms with Gasteiger partial charge in [0.25, 0.3) is 10.0 Å². The van der Waals surface area contributed by atoms with Gasteiger partial charge >= 0.3 is 0 Å². The summed E-state index contributed by atoms with van der Waals surface area (Å²) in [5, 5.41) is -0.0206. The lowest BCUT2D eigenvalue weighted by Crippen LogP contribution is -2.34. The molecule has 0 atom stereocenters. The standard InChI is InChI=1S/C12H22N4O3S/c1-5-16(6-2)12(17)7-8-13-20(18,19)11-9-15(4)10(3)14-11/h9,13H,5-8H2,1-4H3. The van der Waals surface area contributed by atoms with Crippen LogP contribution in [0.4, 0.5) is 0 Å². The number of aryl methyl sites for hydroxylation is 2. The van der Waals surface area contributed by atoms with Crippen molar-refractivity contribution in [3.05, 3.63) is 12.0 Å². The SMILES string of the molecule is CCN(CC)C(=O)CCNS(=O)(=O)c1cn(C)c(C)n1. The van der Waals surface area contributed by atoms with Crippen molar-refractivity contribution in [2.45, 2.75) is 32.2 Å². The van der Waals surface area contributed by atoms with E-state index in [0.29, 0.717) is 18.9 Å². The van der Waals surface area contributed by atoms with Crippen molar-refractivity contribution in [2.75, 3.05) is 19.6 Å². The molecular weight excluding hydrogens is 280 g/mol. The van der Waals surface area contributed by atoms with E-state index in [9.17, 15) is 13.2 Å². The molecule has 0 spiro atoms. The molecule has 20 heavy (non-hydrogen) atoms. The fraction of sp³-hybridized carbons (Fsp3) is 0.667. The van der Waals surface area contributed by atoms with E-state index in [1.54, 1.807) is 23.4 Å². The molecule has 0 saturated carbocycles. The zero-order chi connectivity index (χ0) is 15.3. The molecule has 1 heterocycles. The molecule has 1 aromatic heterocycles. The van der Waals surface area contributed by atoms with Gasteiger partial charge in [-0.1, -0.05) is 0 Å². The number of aromatic nitrogens is 2. The summed E-state index contributed by atoms with van der Waals surface area (Å²) >= 11 is 0. The van der Waals surface area contributed by atoms with Gasteiger partial charge in [-0.25, -0.2) is 18.1 Å². The summed E-state index contributed by atoms with van der Waals surface area (Å²) in [6.45, 7) is 6.84. The van der Waals surface area contributed by atoms with Crippen LogP contribution in [-0.4, -0.2) is 48.4 Å². The maximum Gasteiger partial charge on any atom is 0.259 e. The summed E-state index contributed by atoms with van der Waals surface area (Å²) in [6, 6.07) is 0. The van der Waals surface area contributed by atoms with Gasteiger partial charge in [-0.05, 0) is 20.8 Å². The van der Waals surface area contributed by atoms with Crippen molar-refractivity contribution >= 4 is 15.9 Å². The van der Waals surface area contributed by atoms with Crippen LogP contribution in [0.2, 0.25) is 0 Å². The summed E-state index contributed by atoms with van der Waals surface area (Å²) in [6.07, 6.45) is 1.59. The average molecular weight is 302 g/mol. The second kappa shape index (κ2) is 6.85. The Bertz CT molecular complexity index is 542. The Morgan fingerprint density at radius 3 is 2.45 bits per heavy atom. The van der Waals surface area contributed by atoms with E-state index in [-0.39, 0.29) is 23.9 Å². The molecular formula is C12H22N4O3S. The van der Waals surface area contributed by atoms with Gasteiger partial charge in [0.15, 0.2) is 5.03 Å². The number of imidazole rings is 1. The Morgan fingerprint density at radius 2 is 2.00 bits per heavy atom. The van der Waals surface area contributed by atoms with Gasteiger partial charge in [0.2, 0.25) is 5.91 Å². The Labute approximate surface area is 120 Å². The van der Waals surface area contributed by atoms with E-state index in [2.05, 4.69) is 9.71 Å². The maximum atomic E-state index is 12.0. The van der Waals surface area contributed by atoms with E-state index < -0.39 is 10.0 Å². The number of hydrogen-bond donors (Lipinski definition) is 1. The lowest BCUT2D eigenvalue weighted by molar-refractivity contribution is -0.130. The number of nitrogens with zero attached hydrogens (tertiary/aromatic N) is 3. The van der Waals surface area contributed by atoms with Crippen molar-refractivity contribution in [3.8, 4) is 0 Å². The number of sulfonamides is 1. The molecule has 0 saturated heterocycles. The highest BCUT2D eigenvalue weighted by atomic mass is 32.2. The second-order valence-electron chi connectivity index (χ2n) is 4.45. The van der Waals surface area contributed by atoms with E-state index >= 15 is 0 Å². The van der Waals surface area contributed by atoms with E-state index in [4.69, 9.17) is 0 Å². The summed E-state index contributed by atoms with van der Waals surface area (Å²) in [5.74, 6) is 0.555. The predicted molar refractivity (Wildman–Crippen MR) is 75.7 cm³/mol. The molecule has 0 aromatic carbocycles. The van der Waals surface area contributed by atoms with E-state index in [0.717, 1.165) is 0 Å². The molecule has 0 aliphatic heterocycles. The van der Waals surface area contributed by atoms with Crippen LogP contribution in [-0.2, 0) is 21.9 Å². The highest BCUT2D eigenvalue weighted by molar-refractivity contribution is 7.89. The summed E-state index contributed by atoms with van der Waals surface area (Å²) in [5.41, 5.74) is 0. The van der Waals surface area contributed by atoms with E-state index in [1.165, 1.54) is 6.20 Å². The topological polar surface area (TPSA) is 84.3 Å². The Kier molecular flexibility index (Phi) is 5.70. The van der Waals surface area contributed by atoms with Crippen LogP contribution in [0.1, 0.15) is 26.1 Å². The number of nitrogens with one attached hydrogen (secondary N) is 1. The molecule has 8 heteroatoms. The fourth-order valence-corrected chi connectivity index (χ4v) is 2.82. The minimum Gasteiger partial charge on any atom is -0.343 e. The number of carbonyl (C=O) groups excluding carboxylic acids is 1. The van der Waals surface area contributed by atoms with Crippen LogP contribution in [0.3, 0.4) is 0 Å². The first-order valence-electron chi connectivity index (χ1n) is 6.59. The van der Waals surface area contributed by atoms with Crippen LogP contribution >= 0.6 is 0 Å². The lowest BCUT2D eigenvalue weighted by Gasteiger charge is -2.18. The zero-order valence-electron chi connectivity index (χ0n) is 12.4. The molecule has 0 aliphatic rings. The Balaban J connectivity index is 2.59. The van der Waals surface area contributed by atoms with Gasteiger partial charge in [-0.2, -0.15) is 0 Å². The van der Waals surface area contributed by atoms with Crippen LogP contribution in [0.25, 0.3) is 0 Å². The largest absolute Gasteiger partial charge is 0.343 e. The molecule has 114 valence electrons. The van der Waals surface area contributed by atoms with Crippen LogP contribution in [0, 0.1) is 6.92 Å². The van der Waals surface area contributed by atoms with Crippen molar-refractivity contribution < 1.29 is 13.2 Å². The quantitative estimate of drug-likeness (QED) is 0.783. The summed E-state index contributed by atoms with van der Waals surface area (Å²) in [4.78, 5) is 17.4. The number of amides is 1. The lowest BCUT2D eigenvalue weighted by atomic mass is 10.3. The van der Waals surface area contributed by atoms with Gasteiger partial charge in [0.05, 0.1) is 0 Å². The van der Waals surface area contributed by atoms with Gasteiger partial charge in [0.1, 0.15) is 5.82 Å². The van der Waals surface area contributed by atoms with Gasteiger partial charge in [-0.15, -0.1) is 0 Å². The van der Waals surface area contributed by atoms with Crippen LogP contribution < -0.4 is 4.72 Å². The van der Waals surface area contributed by atoms with Gasteiger partial charge < -0.3 is 9.47 Å². The molecule has 1 N–H and O–H groups in total.